The largest absolute Gasteiger partial charge is 0.497 e. The van der Waals surface area contributed by atoms with E-state index in [1.807, 2.05) is 4.90 Å². The Balaban J connectivity index is 1.97. The van der Waals surface area contributed by atoms with E-state index < -0.39 is 10.0 Å². The molecule has 1 aliphatic rings. The molecule has 29 heavy (non-hydrogen) atoms. The molecule has 7 nitrogen and oxygen atoms in total. The molecule has 0 aliphatic carbocycles. The Labute approximate surface area is 175 Å². The van der Waals surface area contributed by atoms with Gasteiger partial charge < -0.3 is 9.64 Å². The van der Waals surface area contributed by atoms with Crippen LogP contribution in [0.4, 0.5) is 0 Å². The highest BCUT2D eigenvalue weighted by atomic mass is 32.2. The van der Waals surface area contributed by atoms with E-state index in [0.717, 1.165) is 12.8 Å². The Morgan fingerprint density at radius 1 is 1.03 bits per heavy atom. The molecule has 1 heterocycles. The summed E-state index contributed by atoms with van der Waals surface area (Å²) in [4.78, 5) is 17.2. The van der Waals surface area contributed by atoms with E-state index in [-0.39, 0.29) is 22.9 Å². The normalized spacial score (nSPS) is 18.2. The van der Waals surface area contributed by atoms with E-state index in [1.165, 1.54) is 4.31 Å². The van der Waals surface area contributed by atoms with Crippen LogP contribution in [0.15, 0.2) is 29.2 Å². The number of hydrogen-bond donors (Lipinski definition) is 0. The first kappa shape index (κ1) is 23.6. The molecule has 0 N–H and O–H groups in total. The molecule has 0 aromatic heterocycles. The van der Waals surface area contributed by atoms with Gasteiger partial charge >= 0.3 is 0 Å². The number of nitrogens with zero attached hydrogens (tertiary/aromatic N) is 3. The van der Waals surface area contributed by atoms with Crippen molar-refractivity contribution in [1.29, 1.82) is 0 Å². The third-order valence-electron chi connectivity index (χ3n) is 5.81. The lowest BCUT2D eigenvalue weighted by molar-refractivity contribution is -0.137. The van der Waals surface area contributed by atoms with Crippen LogP contribution in [-0.4, -0.2) is 80.3 Å². The van der Waals surface area contributed by atoms with Gasteiger partial charge in [-0.05, 0) is 51.0 Å². The third-order valence-corrected chi connectivity index (χ3v) is 7.72. The van der Waals surface area contributed by atoms with Gasteiger partial charge in [0, 0.05) is 38.3 Å². The molecule has 0 spiro atoms. The van der Waals surface area contributed by atoms with E-state index >= 15 is 0 Å². The summed E-state index contributed by atoms with van der Waals surface area (Å²) in [5, 5.41) is 0. The highest BCUT2D eigenvalue weighted by Gasteiger charge is 2.31. The molecule has 1 amide bonds. The van der Waals surface area contributed by atoms with Crippen LogP contribution in [0, 0.1) is 0 Å². The van der Waals surface area contributed by atoms with E-state index in [0.29, 0.717) is 38.5 Å². The second kappa shape index (κ2) is 10.4. The van der Waals surface area contributed by atoms with Gasteiger partial charge in [0.05, 0.1) is 18.6 Å². The Morgan fingerprint density at radius 3 is 2.00 bits per heavy atom. The standard InChI is InChI=1S/C21H35N3O4S/c1-6-17(3)24(18(4)7-2)21(25)16-22-12-14-23(15-13-22)29(26,27)20-10-8-19(28-5)9-11-20/h8-11,17-18H,6-7,12-16H2,1-5H3/t17-,18-/m0/s1. The fourth-order valence-corrected chi connectivity index (χ4v) is 5.04. The summed E-state index contributed by atoms with van der Waals surface area (Å²) in [5.41, 5.74) is 0. The summed E-state index contributed by atoms with van der Waals surface area (Å²) >= 11 is 0. The van der Waals surface area contributed by atoms with Crippen molar-refractivity contribution in [2.75, 3.05) is 39.8 Å². The molecule has 0 bridgehead atoms. The van der Waals surface area contributed by atoms with E-state index in [1.54, 1.807) is 31.4 Å². The number of ether oxygens (including phenoxy) is 1. The van der Waals surface area contributed by atoms with Gasteiger partial charge in [-0.25, -0.2) is 8.42 Å². The van der Waals surface area contributed by atoms with Crippen molar-refractivity contribution in [2.45, 2.75) is 57.5 Å². The maximum atomic E-state index is 12.9. The number of carbonyl (C=O) groups excluding carboxylic acids is 1. The fourth-order valence-electron chi connectivity index (χ4n) is 3.62. The number of hydrogen-bond acceptors (Lipinski definition) is 5. The number of methoxy groups -OCH3 is 1. The smallest absolute Gasteiger partial charge is 0.243 e. The zero-order chi connectivity index (χ0) is 21.6. The van der Waals surface area contributed by atoms with Crippen LogP contribution in [0.5, 0.6) is 5.75 Å². The average molecular weight is 426 g/mol. The minimum atomic E-state index is -3.53. The average Bonchev–Trinajstić information content (AvgIpc) is 2.73. The summed E-state index contributed by atoms with van der Waals surface area (Å²) in [6.07, 6.45) is 1.84. The van der Waals surface area contributed by atoms with E-state index in [9.17, 15) is 13.2 Å². The first-order valence-corrected chi connectivity index (χ1v) is 11.9. The van der Waals surface area contributed by atoms with Gasteiger partial charge in [-0.15, -0.1) is 0 Å². The third kappa shape index (κ3) is 5.71. The molecule has 1 saturated heterocycles. The van der Waals surface area contributed by atoms with Crippen LogP contribution < -0.4 is 4.74 Å². The monoisotopic (exact) mass is 425 g/mol. The molecular weight excluding hydrogens is 390 g/mol. The zero-order valence-electron chi connectivity index (χ0n) is 18.3. The van der Waals surface area contributed by atoms with Crippen LogP contribution in [0.25, 0.3) is 0 Å². The maximum Gasteiger partial charge on any atom is 0.243 e. The minimum Gasteiger partial charge on any atom is -0.497 e. The SMILES string of the molecule is CC[C@H](C)N(C(=O)CN1CCN(S(=O)(=O)c2ccc(OC)cc2)CC1)[C@@H](C)CC. The summed E-state index contributed by atoms with van der Waals surface area (Å²) in [6, 6.07) is 6.85. The number of piperazine rings is 1. The van der Waals surface area contributed by atoms with Gasteiger partial charge in [-0.1, -0.05) is 13.8 Å². The van der Waals surface area contributed by atoms with Crippen LogP contribution >= 0.6 is 0 Å². The van der Waals surface area contributed by atoms with Crippen molar-refractivity contribution in [3.8, 4) is 5.75 Å². The molecule has 1 aliphatic heterocycles. The van der Waals surface area contributed by atoms with Crippen molar-refractivity contribution >= 4 is 15.9 Å². The number of benzene rings is 1. The van der Waals surface area contributed by atoms with E-state index in [2.05, 4.69) is 32.6 Å². The van der Waals surface area contributed by atoms with Crippen molar-refractivity contribution in [1.82, 2.24) is 14.1 Å². The van der Waals surface area contributed by atoms with Gasteiger partial charge in [0.25, 0.3) is 0 Å². The Morgan fingerprint density at radius 2 is 1.55 bits per heavy atom. The molecular formula is C21H35N3O4S. The molecule has 0 unspecified atom stereocenters. The van der Waals surface area contributed by atoms with Crippen LogP contribution in [0.1, 0.15) is 40.5 Å². The van der Waals surface area contributed by atoms with Crippen molar-refractivity contribution < 1.29 is 17.9 Å². The van der Waals surface area contributed by atoms with Gasteiger partial charge in [-0.3, -0.25) is 9.69 Å². The van der Waals surface area contributed by atoms with Crippen molar-refractivity contribution in [3.05, 3.63) is 24.3 Å². The topological polar surface area (TPSA) is 70.2 Å². The van der Waals surface area contributed by atoms with E-state index in [4.69, 9.17) is 4.74 Å². The minimum absolute atomic E-state index is 0.125. The number of rotatable bonds is 9. The van der Waals surface area contributed by atoms with Crippen LogP contribution in [-0.2, 0) is 14.8 Å². The summed E-state index contributed by atoms with van der Waals surface area (Å²) < 4.78 is 32.3. The predicted octanol–water partition coefficient (Wildman–Crippen LogP) is 2.43. The molecule has 1 aromatic rings. The van der Waals surface area contributed by atoms with Crippen molar-refractivity contribution in [3.63, 3.8) is 0 Å². The van der Waals surface area contributed by atoms with Crippen molar-refractivity contribution in [2.24, 2.45) is 0 Å². The molecule has 2 atom stereocenters. The molecule has 2 rings (SSSR count). The van der Waals surface area contributed by atoms with Gasteiger partial charge in [0.1, 0.15) is 5.75 Å². The summed E-state index contributed by atoms with van der Waals surface area (Å²) in [5.74, 6) is 0.750. The Hall–Kier alpha value is -1.64. The summed E-state index contributed by atoms with van der Waals surface area (Å²) in [6.45, 7) is 10.6. The van der Waals surface area contributed by atoms with Gasteiger partial charge in [0.15, 0.2) is 0 Å². The Kier molecular flexibility index (Phi) is 8.48. The number of sulfonamides is 1. The van der Waals surface area contributed by atoms with Gasteiger partial charge in [0.2, 0.25) is 15.9 Å². The lowest BCUT2D eigenvalue weighted by Crippen LogP contribution is -2.53. The lowest BCUT2D eigenvalue weighted by Gasteiger charge is -2.38. The van der Waals surface area contributed by atoms with Gasteiger partial charge in [-0.2, -0.15) is 4.31 Å². The quantitative estimate of drug-likeness (QED) is 0.608. The maximum absolute atomic E-state index is 12.9. The molecule has 1 aromatic carbocycles. The molecule has 0 radical (unpaired) electrons. The fraction of sp³-hybridized carbons (Fsp3) is 0.667. The Bertz CT molecular complexity index is 749. The van der Waals surface area contributed by atoms with Crippen LogP contribution in [0.2, 0.25) is 0 Å². The van der Waals surface area contributed by atoms with Crippen LogP contribution in [0.3, 0.4) is 0 Å². The second-order valence-electron chi connectivity index (χ2n) is 7.67. The first-order valence-electron chi connectivity index (χ1n) is 10.4. The highest BCUT2D eigenvalue weighted by Crippen LogP contribution is 2.21. The number of carbonyl (C=O) groups is 1. The predicted molar refractivity (Wildman–Crippen MR) is 115 cm³/mol. The highest BCUT2D eigenvalue weighted by molar-refractivity contribution is 7.89. The molecule has 164 valence electrons. The molecule has 0 saturated carbocycles. The molecule has 8 heteroatoms. The number of amides is 1. The second-order valence-corrected chi connectivity index (χ2v) is 9.61. The first-order chi connectivity index (χ1) is 13.7. The lowest BCUT2D eigenvalue weighted by atomic mass is 10.1. The summed E-state index contributed by atoms with van der Waals surface area (Å²) in [7, 11) is -1.98. The molecule has 1 fully saturated rings. The zero-order valence-corrected chi connectivity index (χ0v) is 19.1.